The highest BCUT2D eigenvalue weighted by Crippen LogP contribution is 2.19. The van der Waals surface area contributed by atoms with Crippen molar-refractivity contribution in [2.24, 2.45) is 4.99 Å². The summed E-state index contributed by atoms with van der Waals surface area (Å²) in [6.07, 6.45) is 5.33. The third-order valence-electron chi connectivity index (χ3n) is 4.82. The Bertz CT molecular complexity index is 715. The number of aliphatic imine (C=N–C) groups is 1. The molecule has 3 N–H and O–H groups in total. The standard InChI is InChI=1S/C18H26FN5.HI/c1-20-18(23-12-15-4-3-9-24(15)2)21-8-7-13-11-22-17-10-14(19)5-6-16(13)17;/h5-6,10-11,15,22H,3-4,7-9,12H2,1-2H3,(H2,20,21,23);1H. The van der Waals surface area contributed by atoms with Crippen molar-refractivity contribution in [3.05, 3.63) is 35.8 Å². The number of nitrogens with zero attached hydrogens (tertiary/aromatic N) is 2. The number of guanidine groups is 1. The fourth-order valence-electron chi connectivity index (χ4n) is 3.35. The van der Waals surface area contributed by atoms with Gasteiger partial charge in [-0.05, 0) is 56.6 Å². The van der Waals surface area contributed by atoms with Crippen molar-refractivity contribution in [1.82, 2.24) is 20.5 Å². The zero-order valence-electron chi connectivity index (χ0n) is 14.8. The molecule has 138 valence electrons. The van der Waals surface area contributed by atoms with Gasteiger partial charge in [-0.15, -0.1) is 24.0 Å². The second kappa shape index (κ2) is 9.38. The first-order valence-corrected chi connectivity index (χ1v) is 8.57. The summed E-state index contributed by atoms with van der Waals surface area (Å²) < 4.78 is 13.2. The van der Waals surface area contributed by atoms with Crippen LogP contribution in [0.1, 0.15) is 18.4 Å². The topological polar surface area (TPSA) is 55.5 Å². The van der Waals surface area contributed by atoms with Crippen LogP contribution in [0.3, 0.4) is 0 Å². The van der Waals surface area contributed by atoms with Crippen molar-refractivity contribution in [2.75, 3.05) is 33.7 Å². The van der Waals surface area contributed by atoms with Gasteiger partial charge in [-0.1, -0.05) is 0 Å². The fraction of sp³-hybridized carbons (Fsp3) is 0.500. The second-order valence-corrected chi connectivity index (χ2v) is 6.41. The summed E-state index contributed by atoms with van der Waals surface area (Å²) >= 11 is 0. The van der Waals surface area contributed by atoms with Gasteiger partial charge in [-0.3, -0.25) is 4.99 Å². The Morgan fingerprint density at radius 2 is 2.24 bits per heavy atom. The van der Waals surface area contributed by atoms with Gasteiger partial charge >= 0.3 is 0 Å². The minimum absolute atomic E-state index is 0. The van der Waals surface area contributed by atoms with Crippen LogP contribution in [0, 0.1) is 5.82 Å². The van der Waals surface area contributed by atoms with Gasteiger partial charge in [-0.2, -0.15) is 0 Å². The largest absolute Gasteiger partial charge is 0.361 e. The third-order valence-corrected chi connectivity index (χ3v) is 4.82. The van der Waals surface area contributed by atoms with Gasteiger partial charge in [0.2, 0.25) is 0 Å². The highest BCUT2D eigenvalue weighted by atomic mass is 127. The molecule has 3 rings (SSSR count). The third kappa shape index (κ3) is 5.07. The molecule has 1 unspecified atom stereocenters. The zero-order valence-corrected chi connectivity index (χ0v) is 17.1. The zero-order chi connectivity index (χ0) is 16.9. The Kier molecular flexibility index (Phi) is 7.49. The van der Waals surface area contributed by atoms with Crippen molar-refractivity contribution in [3.63, 3.8) is 0 Å². The highest BCUT2D eigenvalue weighted by molar-refractivity contribution is 14.0. The number of hydrogen-bond acceptors (Lipinski definition) is 2. The molecule has 5 nitrogen and oxygen atoms in total. The second-order valence-electron chi connectivity index (χ2n) is 6.41. The lowest BCUT2D eigenvalue weighted by Gasteiger charge is -2.21. The summed E-state index contributed by atoms with van der Waals surface area (Å²) in [6.45, 7) is 2.88. The summed E-state index contributed by atoms with van der Waals surface area (Å²) in [5, 5.41) is 7.84. The van der Waals surface area contributed by atoms with Crippen molar-refractivity contribution in [2.45, 2.75) is 25.3 Å². The molecular formula is C18H27FIN5. The van der Waals surface area contributed by atoms with Crippen molar-refractivity contribution >= 4 is 40.8 Å². The van der Waals surface area contributed by atoms with E-state index >= 15 is 0 Å². The van der Waals surface area contributed by atoms with Gasteiger partial charge in [0.05, 0.1) is 0 Å². The molecule has 1 aliphatic rings. The maximum atomic E-state index is 13.2. The number of benzene rings is 1. The van der Waals surface area contributed by atoms with E-state index in [2.05, 4.69) is 32.6 Å². The monoisotopic (exact) mass is 459 g/mol. The predicted octanol–water partition coefficient (Wildman–Crippen LogP) is 2.73. The minimum Gasteiger partial charge on any atom is -0.361 e. The summed E-state index contributed by atoms with van der Waals surface area (Å²) in [5.74, 6) is 0.622. The molecule has 0 radical (unpaired) electrons. The quantitative estimate of drug-likeness (QED) is 0.366. The number of aromatic amines is 1. The van der Waals surface area contributed by atoms with Crippen LogP contribution in [-0.2, 0) is 6.42 Å². The summed E-state index contributed by atoms with van der Waals surface area (Å²) in [6, 6.07) is 5.46. The van der Waals surface area contributed by atoms with E-state index in [1.807, 2.05) is 12.3 Å². The fourth-order valence-corrected chi connectivity index (χ4v) is 3.35. The molecule has 0 spiro atoms. The molecule has 2 heterocycles. The Balaban J connectivity index is 0.00000225. The Morgan fingerprint density at radius 3 is 2.96 bits per heavy atom. The number of rotatable bonds is 5. The number of nitrogens with one attached hydrogen (secondary N) is 3. The molecule has 7 heteroatoms. The molecule has 0 bridgehead atoms. The van der Waals surface area contributed by atoms with E-state index in [9.17, 15) is 4.39 Å². The molecular weight excluding hydrogens is 432 g/mol. The first-order valence-electron chi connectivity index (χ1n) is 8.57. The molecule has 1 aliphatic heterocycles. The highest BCUT2D eigenvalue weighted by Gasteiger charge is 2.20. The summed E-state index contributed by atoms with van der Waals surface area (Å²) in [7, 11) is 3.97. The molecule has 1 aromatic heterocycles. The minimum atomic E-state index is -0.212. The molecule has 2 aromatic rings. The molecule has 0 saturated carbocycles. The van der Waals surface area contributed by atoms with E-state index in [1.165, 1.54) is 37.1 Å². The number of hydrogen-bond donors (Lipinski definition) is 3. The maximum absolute atomic E-state index is 13.2. The Morgan fingerprint density at radius 1 is 1.40 bits per heavy atom. The van der Waals surface area contributed by atoms with E-state index in [0.29, 0.717) is 6.04 Å². The molecule has 1 saturated heterocycles. The van der Waals surface area contributed by atoms with Crippen molar-refractivity contribution < 1.29 is 4.39 Å². The van der Waals surface area contributed by atoms with Crippen LogP contribution >= 0.6 is 24.0 Å². The van der Waals surface area contributed by atoms with Gasteiger partial charge < -0.3 is 20.5 Å². The van der Waals surface area contributed by atoms with Crippen LogP contribution < -0.4 is 10.6 Å². The Hall–Kier alpha value is -1.35. The van der Waals surface area contributed by atoms with Crippen LogP contribution in [0.25, 0.3) is 10.9 Å². The van der Waals surface area contributed by atoms with E-state index in [0.717, 1.165) is 36.4 Å². The number of fused-ring (bicyclic) bond motifs is 1. The van der Waals surface area contributed by atoms with Crippen LogP contribution in [-0.4, -0.2) is 55.6 Å². The van der Waals surface area contributed by atoms with Crippen LogP contribution in [0.5, 0.6) is 0 Å². The normalized spacial score (nSPS) is 18.4. The Labute approximate surface area is 165 Å². The number of aromatic nitrogens is 1. The lowest BCUT2D eigenvalue weighted by Crippen LogP contribution is -2.44. The molecule has 1 aromatic carbocycles. The number of H-pyrrole nitrogens is 1. The molecule has 1 fully saturated rings. The molecule has 0 amide bonds. The molecule has 0 aliphatic carbocycles. The predicted molar refractivity (Wildman–Crippen MR) is 112 cm³/mol. The van der Waals surface area contributed by atoms with Crippen LogP contribution in [0.4, 0.5) is 4.39 Å². The lowest BCUT2D eigenvalue weighted by atomic mass is 10.1. The van der Waals surface area contributed by atoms with E-state index in [-0.39, 0.29) is 29.8 Å². The number of likely N-dealkylation sites (N-methyl/N-ethyl adjacent to an activating group) is 1. The smallest absolute Gasteiger partial charge is 0.191 e. The van der Waals surface area contributed by atoms with Gasteiger partial charge in [-0.25, -0.2) is 4.39 Å². The summed E-state index contributed by atoms with van der Waals surface area (Å²) in [4.78, 5) is 9.81. The summed E-state index contributed by atoms with van der Waals surface area (Å²) in [5.41, 5.74) is 2.03. The van der Waals surface area contributed by atoms with Gasteiger partial charge in [0, 0.05) is 43.3 Å². The average molecular weight is 459 g/mol. The van der Waals surface area contributed by atoms with Gasteiger partial charge in [0.1, 0.15) is 5.82 Å². The number of halogens is 2. The average Bonchev–Trinajstić information content (AvgIpc) is 3.16. The first-order chi connectivity index (χ1) is 11.7. The van der Waals surface area contributed by atoms with Crippen LogP contribution in [0.2, 0.25) is 0 Å². The van der Waals surface area contributed by atoms with Crippen molar-refractivity contribution in [3.8, 4) is 0 Å². The van der Waals surface area contributed by atoms with Crippen LogP contribution in [0.15, 0.2) is 29.4 Å². The SMILES string of the molecule is CN=C(NCCc1c[nH]c2cc(F)ccc12)NCC1CCCN1C.I. The maximum Gasteiger partial charge on any atom is 0.191 e. The van der Waals surface area contributed by atoms with Crippen molar-refractivity contribution in [1.29, 1.82) is 0 Å². The van der Waals surface area contributed by atoms with E-state index in [4.69, 9.17) is 0 Å². The first kappa shape index (κ1) is 20.0. The molecule has 1 atom stereocenters. The molecule has 25 heavy (non-hydrogen) atoms. The van der Waals surface area contributed by atoms with Gasteiger partial charge in [0.25, 0.3) is 0 Å². The van der Waals surface area contributed by atoms with Gasteiger partial charge in [0.15, 0.2) is 5.96 Å². The van der Waals surface area contributed by atoms with E-state index in [1.54, 1.807) is 7.05 Å². The van der Waals surface area contributed by atoms with E-state index < -0.39 is 0 Å². The number of likely N-dealkylation sites (tertiary alicyclic amines) is 1. The lowest BCUT2D eigenvalue weighted by molar-refractivity contribution is 0.309.